The Labute approximate surface area is 70.5 Å². The Bertz CT molecular complexity index is 81.6. The van der Waals surface area contributed by atoms with Gasteiger partial charge in [0.2, 0.25) is 0 Å². The third kappa shape index (κ3) is 7.82. The van der Waals surface area contributed by atoms with Crippen LogP contribution >= 0.6 is 0 Å². The minimum Gasteiger partial charge on any atom is -0.328 e. The van der Waals surface area contributed by atoms with Gasteiger partial charge in [0.1, 0.15) is 0 Å². The van der Waals surface area contributed by atoms with Gasteiger partial charge in [0, 0.05) is 12.1 Å². The molecule has 0 saturated heterocycles. The summed E-state index contributed by atoms with van der Waals surface area (Å²) in [7, 11) is 0. The molecule has 0 rings (SSSR count). The molecule has 11 heavy (non-hydrogen) atoms. The monoisotopic (exact) mass is 158 g/mol. The first-order valence-electron chi connectivity index (χ1n) is 4.65. The van der Waals surface area contributed by atoms with Gasteiger partial charge in [-0.25, -0.2) is 0 Å². The maximum Gasteiger partial charge on any atom is 0.00386 e. The van der Waals surface area contributed by atoms with Crippen LogP contribution in [0.4, 0.5) is 0 Å². The highest BCUT2D eigenvalue weighted by molar-refractivity contribution is 4.62. The molecule has 68 valence electrons. The van der Waals surface area contributed by atoms with Crippen LogP contribution in [-0.2, 0) is 0 Å². The zero-order chi connectivity index (χ0) is 8.69. The molecule has 0 aromatic carbocycles. The van der Waals surface area contributed by atoms with E-state index in [0.29, 0.717) is 12.1 Å². The second-order valence-corrected chi connectivity index (χ2v) is 3.41. The summed E-state index contributed by atoms with van der Waals surface area (Å²) in [5, 5.41) is 3.43. The van der Waals surface area contributed by atoms with Crippen LogP contribution < -0.4 is 11.1 Å². The quantitative estimate of drug-likeness (QED) is 0.615. The van der Waals surface area contributed by atoms with E-state index in [1.165, 1.54) is 12.8 Å². The molecule has 0 bridgehead atoms. The summed E-state index contributed by atoms with van der Waals surface area (Å²) in [5.74, 6) is 0. The molecule has 0 aromatic rings. The Kier molecular flexibility index (Phi) is 6.57. The predicted molar refractivity (Wildman–Crippen MR) is 50.6 cm³/mol. The maximum absolute atomic E-state index is 5.61. The standard InChI is InChI=1S/C9H22N2/c1-4-5-9(3)11-7-6-8(2)10/h8-9,11H,4-7,10H2,1-3H3/t8-,9?/m0/s1. The third-order valence-corrected chi connectivity index (χ3v) is 1.81. The summed E-state index contributed by atoms with van der Waals surface area (Å²) in [6.07, 6.45) is 3.60. The van der Waals surface area contributed by atoms with Crippen LogP contribution in [0.15, 0.2) is 0 Å². The highest BCUT2D eigenvalue weighted by Gasteiger charge is 1.99. The molecule has 2 atom stereocenters. The lowest BCUT2D eigenvalue weighted by Gasteiger charge is -2.13. The van der Waals surface area contributed by atoms with Crippen LogP contribution in [0.25, 0.3) is 0 Å². The maximum atomic E-state index is 5.61. The average molecular weight is 158 g/mol. The van der Waals surface area contributed by atoms with Crippen molar-refractivity contribution in [1.82, 2.24) is 5.32 Å². The van der Waals surface area contributed by atoms with Gasteiger partial charge in [-0.3, -0.25) is 0 Å². The van der Waals surface area contributed by atoms with Crippen LogP contribution in [0.2, 0.25) is 0 Å². The number of rotatable bonds is 6. The van der Waals surface area contributed by atoms with Crippen molar-refractivity contribution < 1.29 is 0 Å². The minimum absolute atomic E-state index is 0.330. The third-order valence-electron chi connectivity index (χ3n) is 1.81. The molecule has 0 spiro atoms. The van der Waals surface area contributed by atoms with Gasteiger partial charge in [-0.15, -0.1) is 0 Å². The number of nitrogens with two attached hydrogens (primary N) is 1. The first-order chi connectivity index (χ1) is 5.16. The van der Waals surface area contributed by atoms with Gasteiger partial charge in [0.15, 0.2) is 0 Å². The fourth-order valence-corrected chi connectivity index (χ4v) is 1.09. The summed E-state index contributed by atoms with van der Waals surface area (Å²) in [4.78, 5) is 0. The van der Waals surface area contributed by atoms with Gasteiger partial charge in [0.25, 0.3) is 0 Å². The number of hydrogen-bond donors (Lipinski definition) is 2. The summed E-state index contributed by atoms with van der Waals surface area (Å²) in [5.41, 5.74) is 5.61. The van der Waals surface area contributed by atoms with E-state index in [0.717, 1.165) is 13.0 Å². The van der Waals surface area contributed by atoms with E-state index in [2.05, 4.69) is 19.2 Å². The van der Waals surface area contributed by atoms with E-state index < -0.39 is 0 Å². The molecule has 0 fully saturated rings. The molecule has 0 aromatic heterocycles. The summed E-state index contributed by atoms with van der Waals surface area (Å²) < 4.78 is 0. The molecule has 2 nitrogen and oxygen atoms in total. The Morgan fingerprint density at radius 2 is 1.91 bits per heavy atom. The Hall–Kier alpha value is -0.0800. The first-order valence-corrected chi connectivity index (χ1v) is 4.65. The zero-order valence-electron chi connectivity index (χ0n) is 8.06. The molecule has 2 heteroatoms. The molecule has 0 aliphatic heterocycles. The largest absolute Gasteiger partial charge is 0.328 e. The van der Waals surface area contributed by atoms with Crippen LogP contribution in [0, 0.1) is 0 Å². The van der Waals surface area contributed by atoms with E-state index in [9.17, 15) is 0 Å². The first kappa shape index (κ1) is 10.9. The Morgan fingerprint density at radius 3 is 2.36 bits per heavy atom. The summed E-state index contributed by atoms with van der Waals surface area (Å²) in [6.45, 7) is 7.54. The van der Waals surface area contributed by atoms with Crippen molar-refractivity contribution in [3.8, 4) is 0 Å². The van der Waals surface area contributed by atoms with Gasteiger partial charge in [-0.1, -0.05) is 13.3 Å². The second kappa shape index (κ2) is 6.62. The highest BCUT2D eigenvalue weighted by atomic mass is 14.9. The average Bonchev–Trinajstić information content (AvgIpc) is 1.87. The Morgan fingerprint density at radius 1 is 1.27 bits per heavy atom. The van der Waals surface area contributed by atoms with Gasteiger partial charge >= 0.3 is 0 Å². The van der Waals surface area contributed by atoms with Crippen molar-refractivity contribution in [3.05, 3.63) is 0 Å². The van der Waals surface area contributed by atoms with Crippen molar-refractivity contribution in [1.29, 1.82) is 0 Å². The van der Waals surface area contributed by atoms with Crippen molar-refractivity contribution in [2.24, 2.45) is 5.73 Å². The molecular formula is C9H22N2. The molecule has 0 heterocycles. The predicted octanol–water partition coefficient (Wildman–Crippen LogP) is 1.50. The van der Waals surface area contributed by atoms with Crippen molar-refractivity contribution in [2.75, 3.05) is 6.54 Å². The van der Waals surface area contributed by atoms with Gasteiger partial charge in [-0.2, -0.15) is 0 Å². The van der Waals surface area contributed by atoms with Crippen LogP contribution in [0.3, 0.4) is 0 Å². The van der Waals surface area contributed by atoms with Crippen molar-refractivity contribution >= 4 is 0 Å². The highest BCUT2D eigenvalue weighted by Crippen LogP contribution is 1.94. The van der Waals surface area contributed by atoms with E-state index in [4.69, 9.17) is 5.73 Å². The molecule has 0 radical (unpaired) electrons. The molecule has 0 aliphatic rings. The Balaban J connectivity index is 3.10. The molecule has 0 amide bonds. The van der Waals surface area contributed by atoms with Crippen molar-refractivity contribution in [3.63, 3.8) is 0 Å². The number of nitrogens with one attached hydrogen (secondary N) is 1. The fraction of sp³-hybridized carbons (Fsp3) is 1.00. The summed E-state index contributed by atoms with van der Waals surface area (Å²) >= 11 is 0. The molecule has 3 N–H and O–H groups in total. The summed E-state index contributed by atoms with van der Waals surface area (Å²) in [6, 6.07) is 0.982. The fourth-order valence-electron chi connectivity index (χ4n) is 1.09. The zero-order valence-corrected chi connectivity index (χ0v) is 8.06. The molecule has 0 saturated carbocycles. The minimum atomic E-state index is 0.330. The lowest BCUT2D eigenvalue weighted by Crippen LogP contribution is -2.30. The normalized spacial score (nSPS) is 16.4. The second-order valence-electron chi connectivity index (χ2n) is 3.41. The van der Waals surface area contributed by atoms with Crippen molar-refractivity contribution in [2.45, 2.75) is 52.1 Å². The van der Waals surface area contributed by atoms with Gasteiger partial charge < -0.3 is 11.1 Å². The van der Waals surface area contributed by atoms with E-state index in [1.54, 1.807) is 0 Å². The lowest BCUT2D eigenvalue weighted by atomic mass is 10.2. The van der Waals surface area contributed by atoms with Crippen LogP contribution in [0.1, 0.15) is 40.0 Å². The van der Waals surface area contributed by atoms with Crippen LogP contribution in [-0.4, -0.2) is 18.6 Å². The van der Waals surface area contributed by atoms with Gasteiger partial charge in [0.05, 0.1) is 0 Å². The van der Waals surface area contributed by atoms with E-state index in [1.807, 2.05) is 6.92 Å². The molecule has 0 aliphatic carbocycles. The van der Waals surface area contributed by atoms with E-state index >= 15 is 0 Å². The van der Waals surface area contributed by atoms with Crippen LogP contribution in [0.5, 0.6) is 0 Å². The van der Waals surface area contributed by atoms with Gasteiger partial charge in [-0.05, 0) is 33.2 Å². The SMILES string of the molecule is CCCC(C)NCC[C@H](C)N. The smallest absolute Gasteiger partial charge is 0.00386 e. The lowest BCUT2D eigenvalue weighted by molar-refractivity contribution is 0.486. The number of hydrogen-bond acceptors (Lipinski definition) is 2. The van der Waals surface area contributed by atoms with E-state index in [-0.39, 0.29) is 0 Å². The molecule has 1 unspecified atom stereocenters. The topological polar surface area (TPSA) is 38.0 Å². The molecular weight excluding hydrogens is 136 g/mol.